The number of likely N-dealkylation sites (N-methyl/N-ethyl adjacent to an activating group) is 1. The molecule has 0 spiro atoms. The fourth-order valence-corrected chi connectivity index (χ4v) is 4.76. The fourth-order valence-electron chi connectivity index (χ4n) is 4.76. The topological polar surface area (TPSA) is 81.8 Å². The van der Waals surface area contributed by atoms with Crippen LogP contribution in [0.15, 0.2) is 29.5 Å². The van der Waals surface area contributed by atoms with E-state index in [2.05, 4.69) is 16.7 Å². The van der Waals surface area contributed by atoms with Gasteiger partial charge < -0.3 is 15.5 Å². The Morgan fingerprint density at radius 3 is 2.42 bits per heavy atom. The van der Waals surface area contributed by atoms with Crippen molar-refractivity contribution in [1.82, 2.24) is 20.4 Å². The molecule has 0 radical (unpaired) electrons. The maximum Gasteiger partial charge on any atom is 0.322 e. The SMILES string of the molecule is CCN1C(=O)NC(c2ccc(C)cc2C)C2=C1CN(C(CC(C)C)C(=O)NC(C)(C)C)C2=O. The molecule has 2 unspecified atom stereocenters. The van der Waals surface area contributed by atoms with Crippen LogP contribution in [0.2, 0.25) is 0 Å². The molecule has 3 rings (SSSR count). The summed E-state index contributed by atoms with van der Waals surface area (Å²) in [6.45, 7) is 16.5. The quantitative estimate of drug-likeness (QED) is 0.686. The summed E-state index contributed by atoms with van der Waals surface area (Å²) in [5, 5.41) is 6.09. The van der Waals surface area contributed by atoms with Gasteiger partial charge in [0.1, 0.15) is 6.04 Å². The lowest BCUT2D eigenvalue weighted by molar-refractivity contribution is -0.137. The van der Waals surface area contributed by atoms with E-state index in [1.165, 1.54) is 0 Å². The second kappa shape index (κ2) is 9.20. The molecular formula is C26H38N4O3. The largest absolute Gasteiger partial charge is 0.350 e. The molecule has 7 heteroatoms. The van der Waals surface area contributed by atoms with Crippen molar-refractivity contribution in [2.24, 2.45) is 5.92 Å². The Kier molecular flexibility index (Phi) is 6.91. The zero-order chi connectivity index (χ0) is 24.7. The number of nitrogens with one attached hydrogen (secondary N) is 2. The number of rotatable bonds is 6. The zero-order valence-corrected chi connectivity index (χ0v) is 21.2. The first-order valence-corrected chi connectivity index (χ1v) is 11.8. The average molecular weight is 455 g/mol. The third kappa shape index (κ3) is 5.07. The van der Waals surface area contributed by atoms with Crippen LogP contribution in [0.5, 0.6) is 0 Å². The Morgan fingerprint density at radius 1 is 1.21 bits per heavy atom. The molecule has 2 aliphatic rings. The lowest BCUT2D eigenvalue weighted by Crippen LogP contribution is -2.53. The number of carbonyl (C=O) groups is 3. The molecule has 1 aromatic rings. The molecule has 1 aromatic carbocycles. The molecule has 2 N–H and O–H groups in total. The van der Waals surface area contributed by atoms with Gasteiger partial charge in [-0.05, 0) is 65.0 Å². The Morgan fingerprint density at radius 2 is 1.88 bits per heavy atom. The van der Waals surface area contributed by atoms with E-state index in [4.69, 9.17) is 0 Å². The van der Waals surface area contributed by atoms with Gasteiger partial charge in [-0.2, -0.15) is 0 Å². The van der Waals surface area contributed by atoms with Crippen molar-refractivity contribution in [3.8, 4) is 0 Å². The van der Waals surface area contributed by atoms with Gasteiger partial charge in [-0.25, -0.2) is 4.79 Å². The highest BCUT2D eigenvalue weighted by Gasteiger charge is 2.47. The number of urea groups is 1. The highest BCUT2D eigenvalue weighted by Crippen LogP contribution is 2.38. The maximum atomic E-state index is 13.9. The summed E-state index contributed by atoms with van der Waals surface area (Å²) in [5.74, 6) is -0.110. The Labute approximate surface area is 197 Å². The first-order valence-electron chi connectivity index (χ1n) is 11.8. The van der Waals surface area contributed by atoms with Gasteiger partial charge in [-0.1, -0.05) is 37.6 Å². The van der Waals surface area contributed by atoms with E-state index < -0.39 is 17.6 Å². The number of carbonyl (C=O) groups excluding carboxylic acids is 3. The Balaban J connectivity index is 2.04. The van der Waals surface area contributed by atoms with E-state index in [1.807, 2.05) is 67.5 Å². The number of amides is 4. The van der Waals surface area contributed by atoms with Gasteiger partial charge in [-0.3, -0.25) is 14.5 Å². The van der Waals surface area contributed by atoms with Crippen molar-refractivity contribution >= 4 is 17.8 Å². The molecule has 0 aromatic heterocycles. The minimum Gasteiger partial charge on any atom is -0.350 e. The number of hydrogen-bond donors (Lipinski definition) is 2. The van der Waals surface area contributed by atoms with E-state index >= 15 is 0 Å². The van der Waals surface area contributed by atoms with Gasteiger partial charge in [0.05, 0.1) is 23.9 Å². The average Bonchev–Trinajstić information content (AvgIpc) is 3.01. The Hall–Kier alpha value is -2.83. The minimum atomic E-state index is -0.601. The molecule has 180 valence electrons. The molecule has 0 aliphatic carbocycles. The second-order valence-corrected chi connectivity index (χ2v) is 10.7. The van der Waals surface area contributed by atoms with E-state index in [-0.39, 0.29) is 30.3 Å². The summed E-state index contributed by atoms with van der Waals surface area (Å²) in [6, 6.07) is 4.69. The Bertz CT molecular complexity index is 990. The second-order valence-electron chi connectivity index (χ2n) is 10.7. The minimum absolute atomic E-state index is 0.158. The number of benzene rings is 1. The molecule has 2 atom stereocenters. The fraction of sp³-hybridized carbons (Fsp3) is 0.577. The monoisotopic (exact) mass is 454 g/mol. The maximum absolute atomic E-state index is 13.9. The molecule has 4 amide bonds. The van der Waals surface area contributed by atoms with Gasteiger partial charge in [0.2, 0.25) is 5.91 Å². The molecule has 2 heterocycles. The van der Waals surface area contributed by atoms with Crippen molar-refractivity contribution in [2.75, 3.05) is 13.1 Å². The highest BCUT2D eigenvalue weighted by molar-refractivity contribution is 6.03. The van der Waals surface area contributed by atoms with Crippen LogP contribution in [0.25, 0.3) is 0 Å². The van der Waals surface area contributed by atoms with Crippen LogP contribution < -0.4 is 10.6 Å². The van der Waals surface area contributed by atoms with Gasteiger partial charge in [-0.15, -0.1) is 0 Å². The van der Waals surface area contributed by atoms with Crippen molar-refractivity contribution in [3.05, 3.63) is 46.2 Å². The molecule has 7 nitrogen and oxygen atoms in total. The summed E-state index contributed by atoms with van der Waals surface area (Å²) in [6.07, 6.45) is 0.552. The van der Waals surface area contributed by atoms with Crippen LogP contribution in [0, 0.1) is 19.8 Å². The van der Waals surface area contributed by atoms with E-state index in [0.29, 0.717) is 24.2 Å². The van der Waals surface area contributed by atoms with Gasteiger partial charge >= 0.3 is 6.03 Å². The van der Waals surface area contributed by atoms with Crippen LogP contribution in [-0.2, 0) is 9.59 Å². The lowest BCUT2D eigenvalue weighted by atomic mass is 9.91. The first-order chi connectivity index (χ1) is 15.3. The summed E-state index contributed by atoms with van der Waals surface area (Å²) >= 11 is 0. The predicted octanol–water partition coefficient (Wildman–Crippen LogP) is 3.82. The van der Waals surface area contributed by atoms with Crippen molar-refractivity contribution in [3.63, 3.8) is 0 Å². The van der Waals surface area contributed by atoms with Crippen molar-refractivity contribution < 1.29 is 14.4 Å². The van der Waals surface area contributed by atoms with Crippen LogP contribution in [0.3, 0.4) is 0 Å². The smallest absolute Gasteiger partial charge is 0.322 e. The first kappa shape index (κ1) is 24.8. The van der Waals surface area contributed by atoms with Crippen LogP contribution >= 0.6 is 0 Å². The van der Waals surface area contributed by atoms with E-state index in [0.717, 1.165) is 16.7 Å². The third-order valence-electron chi connectivity index (χ3n) is 6.17. The molecule has 0 saturated heterocycles. The summed E-state index contributed by atoms with van der Waals surface area (Å²) in [7, 11) is 0. The molecular weight excluding hydrogens is 416 g/mol. The molecule has 0 fully saturated rings. The van der Waals surface area contributed by atoms with Gasteiger partial charge in [0.25, 0.3) is 5.91 Å². The summed E-state index contributed by atoms with van der Waals surface area (Å²) < 4.78 is 0. The van der Waals surface area contributed by atoms with Gasteiger partial charge in [0.15, 0.2) is 0 Å². The third-order valence-corrected chi connectivity index (χ3v) is 6.17. The van der Waals surface area contributed by atoms with E-state index in [9.17, 15) is 14.4 Å². The summed E-state index contributed by atoms with van der Waals surface area (Å²) in [4.78, 5) is 43.4. The molecule has 0 saturated carbocycles. The molecule has 33 heavy (non-hydrogen) atoms. The number of hydrogen-bond acceptors (Lipinski definition) is 3. The standard InChI is InChI=1S/C26H38N4O3/c1-9-29-20-14-30(19(12-15(2)3)23(31)28-26(6,7)8)24(32)21(20)22(27-25(29)33)18-11-10-16(4)13-17(18)5/h10-11,13,15,19,22H,9,12,14H2,1-8H3,(H,27,33)(H,28,31). The zero-order valence-electron chi connectivity index (χ0n) is 21.2. The molecule has 0 bridgehead atoms. The number of nitrogens with zero attached hydrogens (tertiary/aromatic N) is 2. The number of aryl methyl sites for hydroxylation is 2. The molecule has 2 aliphatic heterocycles. The van der Waals surface area contributed by atoms with Crippen LogP contribution in [0.4, 0.5) is 4.79 Å². The predicted molar refractivity (Wildman–Crippen MR) is 129 cm³/mol. The normalized spacial score (nSPS) is 19.7. The van der Waals surface area contributed by atoms with E-state index in [1.54, 1.807) is 9.80 Å². The van der Waals surface area contributed by atoms with Gasteiger partial charge in [0, 0.05) is 12.1 Å². The van der Waals surface area contributed by atoms with Crippen LogP contribution in [0.1, 0.15) is 70.7 Å². The lowest BCUT2D eigenvalue weighted by Gasteiger charge is -2.33. The van der Waals surface area contributed by atoms with Crippen molar-refractivity contribution in [1.29, 1.82) is 0 Å². The van der Waals surface area contributed by atoms with Crippen molar-refractivity contribution in [2.45, 2.75) is 79.4 Å². The highest BCUT2D eigenvalue weighted by atomic mass is 16.2. The summed E-state index contributed by atoms with van der Waals surface area (Å²) in [5.41, 5.74) is 3.92. The van der Waals surface area contributed by atoms with Crippen LogP contribution in [-0.4, -0.2) is 52.3 Å².